The van der Waals surface area contributed by atoms with Crippen molar-refractivity contribution in [3.05, 3.63) is 52.9 Å². The van der Waals surface area contributed by atoms with Crippen LogP contribution in [0.3, 0.4) is 0 Å². The van der Waals surface area contributed by atoms with E-state index in [0.29, 0.717) is 72.0 Å². The smallest absolute Gasteiger partial charge is 0.223 e. The van der Waals surface area contributed by atoms with Crippen LogP contribution in [-0.2, 0) is 16.6 Å². The SMILES string of the molecule is CC1(O)CC(NCc2ccc(-n3cc(-c4nc(NC5CCN(S(=O)(=O)C6CC6)CC5)ncc4C#N)cn3)c(Cl)c2)C1. The van der Waals surface area contributed by atoms with Gasteiger partial charge in [-0.2, -0.15) is 10.4 Å². The van der Waals surface area contributed by atoms with Crippen molar-refractivity contribution in [3.8, 4) is 23.0 Å². The maximum absolute atomic E-state index is 12.5. The Morgan fingerprint density at radius 3 is 2.59 bits per heavy atom. The average Bonchev–Trinajstić information content (AvgIpc) is 3.69. The molecule has 13 heteroatoms. The highest BCUT2D eigenvalue weighted by Crippen LogP contribution is 2.33. The van der Waals surface area contributed by atoms with Crippen LogP contribution in [0.5, 0.6) is 0 Å². The molecule has 0 bridgehead atoms. The third kappa shape index (κ3) is 6.10. The van der Waals surface area contributed by atoms with E-state index in [1.807, 2.05) is 25.1 Å². The van der Waals surface area contributed by atoms with E-state index in [9.17, 15) is 18.8 Å². The summed E-state index contributed by atoms with van der Waals surface area (Å²) < 4.78 is 28.3. The number of aliphatic hydroxyl groups is 1. The van der Waals surface area contributed by atoms with Crippen LogP contribution in [0.1, 0.15) is 56.6 Å². The number of anilines is 1. The minimum Gasteiger partial charge on any atom is -0.390 e. The van der Waals surface area contributed by atoms with E-state index in [-0.39, 0.29) is 11.3 Å². The predicted octanol–water partition coefficient (Wildman–Crippen LogP) is 3.23. The van der Waals surface area contributed by atoms with Gasteiger partial charge in [0.15, 0.2) is 0 Å². The van der Waals surface area contributed by atoms with Gasteiger partial charge in [0.1, 0.15) is 6.07 Å². The summed E-state index contributed by atoms with van der Waals surface area (Å²) >= 11 is 6.62. The first-order chi connectivity index (χ1) is 19.6. The van der Waals surface area contributed by atoms with Gasteiger partial charge in [0.05, 0.1) is 45.2 Å². The van der Waals surface area contributed by atoms with Crippen LogP contribution in [-0.4, -0.2) is 73.6 Å². The quantitative estimate of drug-likeness (QED) is 0.338. The normalized spacial score (nSPS) is 23.6. The highest BCUT2D eigenvalue weighted by molar-refractivity contribution is 7.90. The molecule has 1 saturated heterocycles. The fraction of sp³-hybridized carbons (Fsp3) is 0.500. The molecule has 0 atom stereocenters. The molecule has 3 heterocycles. The van der Waals surface area contributed by atoms with E-state index in [1.165, 1.54) is 6.20 Å². The van der Waals surface area contributed by atoms with E-state index in [1.54, 1.807) is 21.4 Å². The monoisotopic (exact) mass is 596 g/mol. The molecule has 1 aliphatic heterocycles. The van der Waals surface area contributed by atoms with Crippen LogP contribution in [0, 0.1) is 11.3 Å². The fourth-order valence-corrected chi connectivity index (χ4v) is 7.76. The van der Waals surface area contributed by atoms with Crippen molar-refractivity contribution in [3.63, 3.8) is 0 Å². The van der Waals surface area contributed by atoms with Crippen molar-refractivity contribution in [2.45, 2.75) is 74.9 Å². The number of piperidine rings is 1. The number of aromatic nitrogens is 4. The molecule has 2 aliphatic carbocycles. The highest BCUT2D eigenvalue weighted by atomic mass is 35.5. The molecule has 0 radical (unpaired) electrons. The lowest BCUT2D eigenvalue weighted by Crippen LogP contribution is -2.51. The summed E-state index contributed by atoms with van der Waals surface area (Å²) in [5, 5.41) is 31.2. The first-order valence-electron chi connectivity index (χ1n) is 13.9. The molecular formula is C28H33ClN8O3S. The van der Waals surface area contributed by atoms with E-state index in [4.69, 9.17) is 11.6 Å². The van der Waals surface area contributed by atoms with Gasteiger partial charge in [-0.15, -0.1) is 0 Å². The lowest BCUT2D eigenvalue weighted by atomic mass is 9.77. The van der Waals surface area contributed by atoms with Gasteiger partial charge in [0.2, 0.25) is 16.0 Å². The minimum absolute atomic E-state index is 0.0356. The van der Waals surface area contributed by atoms with Crippen LogP contribution in [0.15, 0.2) is 36.8 Å². The van der Waals surface area contributed by atoms with E-state index in [2.05, 4.69) is 31.8 Å². The zero-order chi connectivity index (χ0) is 28.8. The lowest BCUT2D eigenvalue weighted by Gasteiger charge is -2.41. The number of benzene rings is 1. The van der Waals surface area contributed by atoms with Crippen molar-refractivity contribution >= 4 is 27.6 Å². The van der Waals surface area contributed by atoms with Gasteiger partial charge in [-0.3, -0.25) is 0 Å². The minimum atomic E-state index is -3.16. The summed E-state index contributed by atoms with van der Waals surface area (Å²) in [5.74, 6) is 0.387. The molecule has 3 fully saturated rings. The number of hydrogen-bond acceptors (Lipinski definition) is 9. The number of halogens is 1. The number of rotatable bonds is 9. The molecule has 41 heavy (non-hydrogen) atoms. The summed E-state index contributed by atoms with van der Waals surface area (Å²) in [6.07, 6.45) is 9.24. The standard InChI is InChI=1S/C28H33ClN8O3S/c1-28(38)11-22(12-28)31-14-18-2-5-25(24(29)10-18)37-17-20(16-33-37)26-19(13-30)15-32-27(35-26)34-21-6-8-36(9-7-21)41(39,40)23-3-4-23/h2,5,10,15-17,21-23,31,38H,3-4,6-9,11-12,14H2,1H3,(H,32,34,35). The lowest BCUT2D eigenvalue weighted by molar-refractivity contribution is -0.0393. The molecule has 0 amide bonds. The zero-order valence-electron chi connectivity index (χ0n) is 22.8. The topological polar surface area (TPSA) is 149 Å². The Hall–Kier alpha value is -3.08. The van der Waals surface area contributed by atoms with Crippen molar-refractivity contribution in [2.24, 2.45) is 0 Å². The molecule has 3 N–H and O–H groups in total. The molecule has 0 unspecified atom stereocenters. The Balaban J connectivity index is 1.12. The summed E-state index contributed by atoms with van der Waals surface area (Å²) in [4.78, 5) is 8.96. The first kappa shape index (κ1) is 28.1. The molecule has 1 aromatic carbocycles. The van der Waals surface area contributed by atoms with Crippen LogP contribution in [0.2, 0.25) is 5.02 Å². The Kier molecular flexibility index (Phi) is 7.50. The summed E-state index contributed by atoms with van der Waals surface area (Å²) in [6, 6.07) is 8.28. The summed E-state index contributed by atoms with van der Waals surface area (Å²) in [7, 11) is -3.16. The van der Waals surface area contributed by atoms with Gasteiger partial charge in [0.25, 0.3) is 0 Å². The highest BCUT2D eigenvalue weighted by Gasteiger charge is 2.41. The van der Waals surface area contributed by atoms with Gasteiger partial charge in [-0.05, 0) is 63.1 Å². The van der Waals surface area contributed by atoms with Crippen LogP contribution >= 0.6 is 11.6 Å². The molecule has 3 aliphatic rings. The second-order valence-electron chi connectivity index (χ2n) is 11.6. The fourth-order valence-electron chi connectivity index (χ4n) is 5.60. The second kappa shape index (κ2) is 11.0. The predicted molar refractivity (Wildman–Crippen MR) is 155 cm³/mol. The molecule has 0 spiro atoms. The van der Waals surface area contributed by atoms with Crippen LogP contribution in [0.4, 0.5) is 5.95 Å². The van der Waals surface area contributed by atoms with Crippen molar-refractivity contribution in [1.29, 1.82) is 5.26 Å². The third-order valence-electron chi connectivity index (χ3n) is 8.08. The Labute approximate surface area is 244 Å². The summed E-state index contributed by atoms with van der Waals surface area (Å²) in [6.45, 7) is 3.46. The van der Waals surface area contributed by atoms with Gasteiger partial charge >= 0.3 is 0 Å². The molecular weight excluding hydrogens is 564 g/mol. The van der Waals surface area contributed by atoms with E-state index < -0.39 is 15.6 Å². The number of hydrogen-bond donors (Lipinski definition) is 3. The largest absolute Gasteiger partial charge is 0.390 e. The van der Waals surface area contributed by atoms with Crippen LogP contribution < -0.4 is 10.6 Å². The molecule has 11 nitrogen and oxygen atoms in total. The third-order valence-corrected chi connectivity index (χ3v) is 10.8. The van der Waals surface area contributed by atoms with Gasteiger partial charge in [-0.1, -0.05) is 17.7 Å². The van der Waals surface area contributed by atoms with Crippen molar-refractivity contribution in [2.75, 3.05) is 18.4 Å². The van der Waals surface area contributed by atoms with Crippen LogP contribution in [0.25, 0.3) is 16.9 Å². The Bertz CT molecular complexity index is 1580. The molecule has 2 aromatic heterocycles. The Morgan fingerprint density at radius 2 is 1.93 bits per heavy atom. The first-order valence-corrected chi connectivity index (χ1v) is 15.8. The van der Waals surface area contributed by atoms with E-state index >= 15 is 0 Å². The maximum Gasteiger partial charge on any atom is 0.223 e. The average molecular weight is 597 g/mol. The van der Waals surface area contributed by atoms with Crippen molar-refractivity contribution in [1.82, 2.24) is 29.4 Å². The molecule has 3 aromatic rings. The second-order valence-corrected chi connectivity index (χ2v) is 14.2. The van der Waals surface area contributed by atoms with Gasteiger partial charge < -0.3 is 15.7 Å². The number of nitrogens with zero attached hydrogens (tertiary/aromatic N) is 6. The molecule has 6 rings (SSSR count). The van der Waals surface area contributed by atoms with Gasteiger partial charge in [-0.25, -0.2) is 27.4 Å². The molecule has 2 saturated carbocycles. The van der Waals surface area contributed by atoms with Gasteiger partial charge in [0, 0.05) is 43.5 Å². The number of nitriles is 1. The zero-order valence-corrected chi connectivity index (χ0v) is 24.4. The number of nitrogens with one attached hydrogen (secondary N) is 2. The van der Waals surface area contributed by atoms with E-state index in [0.717, 1.165) is 31.2 Å². The molecule has 216 valence electrons. The number of sulfonamides is 1. The Morgan fingerprint density at radius 1 is 1.17 bits per heavy atom. The maximum atomic E-state index is 12.5. The summed E-state index contributed by atoms with van der Waals surface area (Å²) in [5.41, 5.74) is 2.60. The van der Waals surface area contributed by atoms with Crippen molar-refractivity contribution < 1.29 is 13.5 Å².